The molecule has 2 rings (SSSR count). The van der Waals surface area contributed by atoms with Gasteiger partial charge in [0.25, 0.3) is 0 Å². The molecule has 0 bridgehead atoms. The van der Waals surface area contributed by atoms with Crippen LogP contribution in [0.4, 0.5) is 0 Å². The Bertz CT molecular complexity index is 662. The highest BCUT2D eigenvalue weighted by atomic mass is 16.3. The minimum atomic E-state index is -0.124. The van der Waals surface area contributed by atoms with E-state index in [2.05, 4.69) is 67.5 Å². The SMILES string of the molecule is CC(C)n1ccc(-c2cc(C(C)(C)C)c(O)c(C(C)(C)C)c2)n1. The van der Waals surface area contributed by atoms with Crippen molar-refractivity contribution in [2.75, 3.05) is 0 Å². The van der Waals surface area contributed by atoms with Gasteiger partial charge in [0.2, 0.25) is 0 Å². The molecule has 0 unspecified atom stereocenters. The first-order chi connectivity index (χ1) is 10.4. The summed E-state index contributed by atoms with van der Waals surface area (Å²) >= 11 is 0. The highest BCUT2D eigenvalue weighted by Gasteiger charge is 2.27. The van der Waals surface area contributed by atoms with Gasteiger partial charge in [-0.05, 0) is 42.9 Å². The van der Waals surface area contributed by atoms with E-state index in [0.29, 0.717) is 11.8 Å². The molecule has 1 heterocycles. The maximum absolute atomic E-state index is 10.8. The molecule has 0 aliphatic rings. The number of benzene rings is 1. The third-order valence-electron chi connectivity index (χ3n) is 4.16. The van der Waals surface area contributed by atoms with Crippen LogP contribution in [0.25, 0.3) is 11.3 Å². The van der Waals surface area contributed by atoms with Gasteiger partial charge >= 0.3 is 0 Å². The number of hydrogen-bond acceptors (Lipinski definition) is 2. The molecular weight excluding hydrogens is 284 g/mol. The molecule has 1 aromatic carbocycles. The van der Waals surface area contributed by atoms with Gasteiger partial charge in [-0.25, -0.2) is 0 Å². The molecule has 2 aromatic rings. The normalized spacial score (nSPS) is 12.9. The number of rotatable bonds is 2. The maximum atomic E-state index is 10.8. The van der Waals surface area contributed by atoms with Crippen molar-refractivity contribution in [3.63, 3.8) is 0 Å². The molecule has 3 heteroatoms. The quantitative estimate of drug-likeness (QED) is 0.802. The second kappa shape index (κ2) is 5.70. The molecule has 0 spiro atoms. The second-order valence-electron chi connectivity index (χ2n) is 8.69. The Labute approximate surface area is 140 Å². The summed E-state index contributed by atoms with van der Waals surface area (Å²) in [6, 6.07) is 6.55. The standard InChI is InChI=1S/C20H30N2O/c1-13(2)22-10-9-17(21-22)14-11-15(19(3,4)5)18(23)16(12-14)20(6,7)8/h9-13,23H,1-8H3. The lowest BCUT2D eigenvalue weighted by Crippen LogP contribution is -2.17. The van der Waals surface area contributed by atoms with Crippen LogP contribution in [-0.4, -0.2) is 14.9 Å². The van der Waals surface area contributed by atoms with Crippen LogP contribution in [0, 0.1) is 0 Å². The van der Waals surface area contributed by atoms with Gasteiger partial charge in [-0.3, -0.25) is 4.68 Å². The van der Waals surface area contributed by atoms with Gasteiger partial charge < -0.3 is 5.11 Å². The molecule has 23 heavy (non-hydrogen) atoms. The molecule has 0 saturated carbocycles. The molecule has 1 N–H and O–H groups in total. The molecule has 126 valence electrons. The smallest absolute Gasteiger partial charge is 0.123 e. The van der Waals surface area contributed by atoms with Crippen LogP contribution in [0.2, 0.25) is 0 Å². The van der Waals surface area contributed by atoms with Crippen molar-refractivity contribution in [2.45, 2.75) is 72.3 Å². The van der Waals surface area contributed by atoms with Crippen molar-refractivity contribution in [1.29, 1.82) is 0 Å². The lowest BCUT2D eigenvalue weighted by molar-refractivity contribution is 0.423. The third-order valence-corrected chi connectivity index (χ3v) is 4.16. The molecule has 0 aliphatic heterocycles. The van der Waals surface area contributed by atoms with Crippen LogP contribution in [0.3, 0.4) is 0 Å². The average Bonchev–Trinajstić information content (AvgIpc) is 2.85. The monoisotopic (exact) mass is 314 g/mol. The molecule has 0 fully saturated rings. The fourth-order valence-electron chi connectivity index (χ4n) is 2.71. The van der Waals surface area contributed by atoms with Crippen molar-refractivity contribution in [3.8, 4) is 17.0 Å². The maximum Gasteiger partial charge on any atom is 0.123 e. The van der Waals surface area contributed by atoms with Crippen LogP contribution < -0.4 is 0 Å². The summed E-state index contributed by atoms with van der Waals surface area (Å²) in [4.78, 5) is 0. The van der Waals surface area contributed by atoms with E-state index in [1.165, 1.54) is 0 Å². The van der Waals surface area contributed by atoms with Crippen LogP contribution in [0.1, 0.15) is 72.6 Å². The van der Waals surface area contributed by atoms with Gasteiger partial charge in [0, 0.05) is 28.9 Å². The summed E-state index contributed by atoms with van der Waals surface area (Å²) in [6.07, 6.45) is 2.01. The lowest BCUT2D eigenvalue weighted by atomic mass is 9.78. The molecule has 3 nitrogen and oxygen atoms in total. The Hall–Kier alpha value is -1.77. The highest BCUT2D eigenvalue weighted by Crippen LogP contribution is 2.41. The van der Waals surface area contributed by atoms with Crippen molar-refractivity contribution < 1.29 is 5.11 Å². The predicted molar refractivity (Wildman–Crippen MR) is 97.1 cm³/mol. The summed E-state index contributed by atoms with van der Waals surface area (Å²) in [5, 5.41) is 15.5. The zero-order valence-electron chi connectivity index (χ0n) is 15.7. The van der Waals surface area contributed by atoms with E-state index in [-0.39, 0.29) is 10.8 Å². The first kappa shape index (κ1) is 17.6. The minimum absolute atomic E-state index is 0.124. The molecule has 0 radical (unpaired) electrons. The van der Waals surface area contributed by atoms with Gasteiger partial charge in [-0.1, -0.05) is 41.5 Å². The number of phenols is 1. The summed E-state index contributed by atoms with van der Waals surface area (Å²) in [6.45, 7) is 17.0. The highest BCUT2D eigenvalue weighted by molar-refractivity contribution is 5.66. The number of aromatic hydroxyl groups is 1. The largest absolute Gasteiger partial charge is 0.507 e. The molecule has 0 amide bonds. The lowest BCUT2D eigenvalue weighted by Gasteiger charge is -2.28. The molecule has 0 aliphatic carbocycles. The summed E-state index contributed by atoms with van der Waals surface area (Å²) in [5.41, 5.74) is 3.71. The van der Waals surface area contributed by atoms with Crippen LogP contribution in [-0.2, 0) is 10.8 Å². The molecule has 0 saturated heterocycles. The van der Waals surface area contributed by atoms with Crippen LogP contribution >= 0.6 is 0 Å². The Morgan fingerprint density at radius 1 is 0.957 bits per heavy atom. The predicted octanol–water partition coefficient (Wildman–Crippen LogP) is 5.43. The number of phenolic OH excluding ortho intramolecular Hbond substituents is 1. The fraction of sp³-hybridized carbons (Fsp3) is 0.550. The van der Waals surface area contributed by atoms with Gasteiger partial charge in [0.1, 0.15) is 5.75 Å². The molecule has 0 atom stereocenters. The zero-order valence-corrected chi connectivity index (χ0v) is 15.7. The van der Waals surface area contributed by atoms with E-state index < -0.39 is 0 Å². The van der Waals surface area contributed by atoms with E-state index in [1.54, 1.807) is 0 Å². The van der Waals surface area contributed by atoms with Gasteiger partial charge in [-0.2, -0.15) is 5.10 Å². The van der Waals surface area contributed by atoms with Crippen molar-refractivity contribution in [1.82, 2.24) is 9.78 Å². The summed E-state index contributed by atoms with van der Waals surface area (Å²) in [5.74, 6) is 0.414. The number of aromatic nitrogens is 2. The van der Waals surface area contributed by atoms with E-state index in [0.717, 1.165) is 22.4 Å². The average molecular weight is 314 g/mol. The minimum Gasteiger partial charge on any atom is -0.507 e. The number of hydrogen-bond donors (Lipinski definition) is 1. The van der Waals surface area contributed by atoms with Gasteiger partial charge in [0.15, 0.2) is 0 Å². The second-order valence-corrected chi connectivity index (χ2v) is 8.69. The first-order valence-electron chi connectivity index (χ1n) is 8.35. The first-order valence-corrected chi connectivity index (χ1v) is 8.35. The van der Waals surface area contributed by atoms with Crippen molar-refractivity contribution in [3.05, 3.63) is 35.5 Å². The molecule has 1 aromatic heterocycles. The van der Waals surface area contributed by atoms with Crippen molar-refractivity contribution >= 4 is 0 Å². The zero-order chi connectivity index (χ0) is 17.6. The van der Waals surface area contributed by atoms with E-state index in [1.807, 2.05) is 16.9 Å². The number of nitrogens with zero attached hydrogens (tertiary/aromatic N) is 2. The van der Waals surface area contributed by atoms with E-state index in [4.69, 9.17) is 5.10 Å². The summed E-state index contributed by atoms with van der Waals surface area (Å²) < 4.78 is 1.97. The third kappa shape index (κ3) is 3.60. The van der Waals surface area contributed by atoms with Gasteiger partial charge in [0.05, 0.1) is 5.69 Å². The van der Waals surface area contributed by atoms with Gasteiger partial charge in [-0.15, -0.1) is 0 Å². The van der Waals surface area contributed by atoms with E-state index >= 15 is 0 Å². The van der Waals surface area contributed by atoms with Crippen LogP contribution in [0.5, 0.6) is 5.75 Å². The Morgan fingerprint density at radius 2 is 1.43 bits per heavy atom. The van der Waals surface area contributed by atoms with E-state index in [9.17, 15) is 5.11 Å². The molecular formula is C20H30N2O. The topological polar surface area (TPSA) is 38.0 Å². The van der Waals surface area contributed by atoms with Crippen LogP contribution in [0.15, 0.2) is 24.4 Å². The Morgan fingerprint density at radius 3 is 1.78 bits per heavy atom. The van der Waals surface area contributed by atoms with Crippen molar-refractivity contribution in [2.24, 2.45) is 0 Å². The Balaban J connectivity index is 2.68. The summed E-state index contributed by atoms with van der Waals surface area (Å²) in [7, 11) is 0. The fourth-order valence-corrected chi connectivity index (χ4v) is 2.71. The Kier molecular flexibility index (Phi) is 4.36.